The van der Waals surface area contributed by atoms with E-state index in [2.05, 4.69) is 5.32 Å². The quantitative estimate of drug-likeness (QED) is 0.762. The molecule has 120 valence electrons. The number of urea groups is 1. The number of hydrogen-bond acceptors (Lipinski definition) is 3. The molecule has 1 atom stereocenters. The molecule has 3 amide bonds. The van der Waals surface area contributed by atoms with E-state index < -0.39 is 17.5 Å². The van der Waals surface area contributed by atoms with Crippen LogP contribution < -0.4 is 5.32 Å². The lowest BCUT2D eigenvalue weighted by molar-refractivity contribution is -0.144. The number of hydrogen-bond donors (Lipinski definition) is 2. The van der Waals surface area contributed by atoms with Crippen LogP contribution in [-0.4, -0.2) is 65.0 Å². The molecule has 1 heterocycles. The first-order chi connectivity index (χ1) is 9.80. The molecular weight excluding hydrogens is 274 g/mol. The maximum absolute atomic E-state index is 12.1. The number of amides is 3. The van der Waals surface area contributed by atoms with Crippen molar-refractivity contribution in [3.63, 3.8) is 0 Å². The summed E-state index contributed by atoms with van der Waals surface area (Å²) in [4.78, 5) is 38.3. The van der Waals surface area contributed by atoms with Crippen LogP contribution in [0, 0.1) is 0 Å². The summed E-state index contributed by atoms with van der Waals surface area (Å²) in [7, 11) is 1.50. The lowest BCUT2D eigenvalue weighted by Crippen LogP contribution is -2.56. The number of aliphatic carboxylic acids is 1. The molecule has 0 aromatic rings. The van der Waals surface area contributed by atoms with Gasteiger partial charge in [-0.05, 0) is 26.2 Å². The number of carboxylic acid groups (broad SMARTS) is 1. The van der Waals surface area contributed by atoms with Crippen molar-refractivity contribution in [1.29, 1.82) is 0 Å². The van der Waals surface area contributed by atoms with Crippen LogP contribution in [0.3, 0.4) is 0 Å². The molecule has 7 heteroatoms. The number of likely N-dealkylation sites (tertiary alicyclic amines) is 1. The molecule has 0 aromatic heterocycles. The number of rotatable bonds is 6. The average Bonchev–Trinajstić information content (AvgIpc) is 2.92. The standard InChI is InChI=1S/C14H25N3O4/c1-4-7-14(2,12(19)20)15-13(21)16(3)10-11(18)17-8-5-6-9-17/h4-10H2,1-3H3,(H,15,21)(H,19,20). The lowest BCUT2D eigenvalue weighted by atomic mass is 9.96. The Bertz CT molecular complexity index is 407. The molecule has 1 rings (SSSR count). The zero-order valence-corrected chi connectivity index (χ0v) is 13.0. The summed E-state index contributed by atoms with van der Waals surface area (Å²) in [5, 5.41) is 11.7. The van der Waals surface area contributed by atoms with Gasteiger partial charge in [0.1, 0.15) is 12.1 Å². The smallest absolute Gasteiger partial charge is 0.329 e. The zero-order valence-electron chi connectivity index (χ0n) is 13.0. The average molecular weight is 299 g/mol. The molecule has 21 heavy (non-hydrogen) atoms. The molecule has 1 unspecified atom stereocenters. The van der Waals surface area contributed by atoms with Gasteiger partial charge in [-0.3, -0.25) is 4.79 Å². The Morgan fingerprint density at radius 3 is 2.33 bits per heavy atom. The van der Waals surface area contributed by atoms with Crippen molar-refractivity contribution in [1.82, 2.24) is 15.1 Å². The van der Waals surface area contributed by atoms with Gasteiger partial charge in [-0.25, -0.2) is 9.59 Å². The highest BCUT2D eigenvalue weighted by molar-refractivity contribution is 5.88. The summed E-state index contributed by atoms with van der Waals surface area (Å²) in [6.45, 7) is 4.77. The van der Waals surface area contributed by atoms with Crippen LogP contribution in [0.25, 0.3) is 0 Å². The summed E-state index contributed by atoms with van der Waals surface area (Å²) >= 11 is 0. The monoisotopic (exact) mass is 299 g/mol. The highest BCUT2D eigenvalue weighted by atomic mass is 16.4. The van der Waals surface area contributed by atoms with E-state index in [1.54, 1.807) is 4.90 Å². The number of nitrogens with zero attached hydrogens (tertiary/aromatic N) is 2. The Balaban J connectivity index is 2.56. The molecule has 1 saturated heterocycles. The van der Waals surface area contributed by atoms with Crippen molar-refractivity contribution in [3.05, 3.63) is 0 Å². The van der Waals surface area contributed by atoms with E-state index in [1.807, 2.05) is 6.92 Å². The Morgan fingerprint density at radius 2 is 1.86 bits per heavy atom. The van der Waals surface area contributed by atoms with Crippen LogP contribution >= 0.6 is 0 Å². The fourth-order valence-electron chi connectivity index (χ4n) is 2.40. The van der Waals surface area contributed by atoms with Crippen LogP contribution in [0.4, 0.5) is 4.79 Å². The maximum Gasteiger partial charge on any atom is 0.329 e. The van der Waals surface area contributed by atoms with Crippen LogP contribution in [-0.2, 0) is 9.59 Å². The molecule has 0 aromatic carbocycles. The Morgan fingerprint density at radius 1 is 1.29 bits per heavy atom. The first-order valence-corrected chi connectivity index (χ1v) is 7.34. The van der Waals surface area contributed by atoms with E-state index in [-0.39, 0.29) is 12.5 Å². The van der Waals surface area contributed by atoms with Crippen molar-refractivity contribution < 1.29 is 19.5 Å². The third-order valence-electron chi connectivity index (χ3n) is 3.78. The molecule has 0 bridgehead atoms. The van der Waals surface area contributed by atoms with Crippen molar-refractivity contribution in [2.45, 2.75) is 45.1 Å². The SMILES string of the molecule is CCCC(C)(NC(=O)N(C)CC(=O)N1CCCC1)C(=O)O. The Labute approximate surface area is 125 Å². The summed E-state index contributed by atoms with van der Waals surface area (Å²) in [6, 6.07) is -0.541. The zero-order chi connectivity index (χ0) is 16.0. The molecule has 7 nitrogen and oxygen atoms in total. The van der Waals surface area contributed by atoms with E-state index in [0.717, 1.165) is 25.9 Å². The molecule has 2 N–H and O–H groups in total. The van der Waals surface area contributed by atoms with Gasteiger partial charge in [-0.1, -0.05) is 13.3 Å². The number of carbonyl (C=O) groups is 3. The number of carbonyl (C=O) groups excluding carboxylic acids is 2. The minimum Gasteiger partial charge on any atom is -0.480 e. The minimum atomic E-state index is -1.31. The van der Waals surface area contributed by atoms with Crippen LogP contribution in [0.15, 0.2) is 0 Å². The van der Waals surface area contributed by atoms with Gasteiger partial charge in [0.05, 0.1) is 0 Å². The predicted octanol–water partition coefficient (Wildman–Crippen LogP) is 0.894. The summed E-state index contributed by atoms with van der Waals surface area (Å²) in [5.74, 6) is -1.17. The van der Waals surface area contributed by atoms with Crippen molar-refractivity contribution in [2.24, 2.45) is 0 Å². The van der Waals surface area contributed by atoms with Crippen molar-refractivity contribution in [3.8, 4) is 0 Å². The largest absolute Gasteiger partial charge is 0.480 e. The Kier molecular flexibility index (Phi) is 5.99. The van der Waals surface area contributed by atoms with Gasteiger partial charge in [0.2, 0.25) is 5.91 Å². The maximum atomic E-state index is 12.1. The van der Waals surface area contributed by atoms with Gasteiger partial charge in [0.15, 0.2) is 0 Å². The molecular formula is C14H25N3O4. The van der Waals surface area contributed by atoms with E-state index in [0.29, 0.717) is 12.8 Å². The van der Waals surface area contributed by atoms with E-state index in [9.17, 15) is 19.5 Å². The fourth-order valence-corrected chi connectivity index (χ4v) is 2.40. The van der Waals surface area contributed by atoms with Crippen molar-refractivity contribution >= 4 is 17.9 Å². The van der Waals surface area contributed by atoms with Gasteiger partial charge >= 0.3 is 12.0 Å². The van der Waals surface area contributed by atoms with E-state index in [4.69, 9.17) is 0 Å². The lowest BCUT2D eigenvalue weighted by Gasteiger charge is -2.29. The third kappa shape index (κ3) is 4.61. The molecule has 0 spiro atoms. The fraction of sp³-hybridized carbons (Fsp3) is 0.786. The number of carboxylic acids is 1. The first kappa shape index (κ1) is 17.3. The molecule has 1 fully saturated rings. The van der Waals surface area contributed by atoms with Gasteiger partial charge in [-0.2, -0.15) is 0 Å². The predicted molar refractivity (Wildman–Crippen MR) is 77.9 cm³/mol. The third-order valence-corrected chi connectivity index (χ3v) is 3.78. The minimum absolute atomic E-state index is 0.0341. The topological polar surface area (TPSA) is 90.0 Å². The second kappa shape index (κ2) is 7.28. The normalized spacial score (nSPS) is 17.2. The molecule has 1 aliphatic rings. The molecule has 1 aliphatic heterocycles. The first-order valence-electron chi connectivity index (χ1n) is 7.34. The molecule has 0 radical (unpaired) electrons. The van der Waals surface area contributed by atoms with Gasteiger partial charge in [0, 0.05) is 20.1 Å². The highest BCUT2D eigenvalue weighted by Crippen LogP contribution is 2.13. The second-order valence-corrected chi connectivity index (χ2v) is 5.76. The molecule has 0 aliphatic carbocycles. The summed E-state index contributed by atoms with van der Waals surface area (Å²) in [5.41, 5.74) is -1.31. The van der Waals surface area contributed by atoms with Crippen LogP contribution in [0.1, 0.15) is 39.5 Å². The Hall–Kier alpha value is -1.79. The van der Waals surface area contributed by atoms with Crippen LogP contribution in [0.2, 0.25) is 0 Å². The number of nitrogens with one attached hydrogen (secondary N) is 1. The number of likely N-dealkylation sites (N-methyl/N-ethyl adjacent to an activating group) is 1. The van der Waals surface area contributed by atoms with Crippen molar-refractivity contribution in [2.75, 3.05) is 26.7 Å². The van der Waals surface area contributed by atoms with Gasteiger partial charge in [-0.15, -0.1) is 0 Å². The summed E-state index contributed by atoms with van der Waals surface area (Å²) in [6.07, 6.45) is 2.96. The van der Waals surface area contributed by atoms with Gasteiger partial charge in [0.25, 0.3) is 0 Å². The second-order valence-electron chi connectivity index (χ2n) is 5.76. The van der Waals surface area contributed by atoms with E-state index in [1.165, 1.54) is 18.9 Å². The molecule has 0 saturated carbocycles. The summed E-state index contributed by atoms with van der Waals surface area (Å²) < 4.78 is 0. The van der Waals surface area contributed by atoms with Crippen LogP contribution in [0.5, 0.6) is 0 Å². The van der Waals surface area contributed by atoms with E-state index >= 15 is 0 Å². The van der Waals surface area contributed by atoms with Gasteiger partial charge < -0.3 is 20.2 Å². The highest BCUT2D eigenvalue weighted by Gasteiger charge is 2.35.